The molecule has 0 saturated heterocycles. The van der Waals surface area contributed by atoms with Crippen LogP contribution >= 0.6 is 0 Å². The van der Waals surface area contributed by atoms with Crippen LogP contribution in [0.3, 0.4) is 0 Å². The Morgan fingerprint density at radius 2 is 1.35 bits per heavy atom. The second kappa shape index (κ2) is 8.50. The van der Waals surface area contributed by atoms with Crippen LogP contribution in [0.1, 0.15) is 24.0 Å². The zero-order chi connectivity index (χ0) is 16.9. The summed E-state index contributed by atoms with van der Waals surface area (Å²) in [5.74, 6) is 0. The van der Waals surface area contributed by atoms with Crippen molar-refractivity contribution in [2.24, 2.45) is 0 Å². The zero-order valence-electron chi connectivity index (χ0n) is 15.1. The van der Waals surface area contributed by atoms with Gasteiger partial charge >= 0.3 is 0 Å². The number of hydrogen-bond donors (Lipinski definition) is 2. The van der Waals surface area contributed by atoms with Crippen molar-refractivity contribution in [2.75, 3.05) is 0 Å². The third-order valence-corrected chi connectivity index (χ3v) is 4.98. The van der Waals surface area contributed by atoms with Gasteiger partial charge in [0, 0.05) is 12.4 Å². The fourth-order valence-corrected chi connectivity index (χ4v) is 3.75. The average molecular weight is 342 g/mol. The van der Waals surface area contributed by atoms with Gasteiger partial charge in [0.25, 0.3) is 0 Å². The van der Waals surface area contributed by atoms with E-state index in [0.29, 0.717) is 0 Å². The van der Waals surface area contributed by atoms with E-state index >= 15 is 0 Å². The SMILES string of the molecule is C1=CC=CNC=C1.N.c1ccc2c(c1)ccc1c3c(ccc12)CCCC3. The highest BCUT2D eigenvalue weighted by Gasteiger charge is 2.13. The van der Waals surface area contributed by atoms with Crippen molar-refractivity contribution in [1.29, 1.82) is 0 Å². The molecule has 4 N–H and O–H groups in total. The van der Waals surface area contributed by atoms with Crippen LogP contribution in [0.2, 0.25) is 0 Å². The number of benzene rings is 3. The summed E-state index contributed by atoms with van der Waals surface area (Å²) in [7, 11) is 0. The molecule has 2 aliphatic rings. The van der Waals surface area contributed by atoms with Crippen LogP contribution in [0.25, 0.3) is 21.5 Å². The van der Waals surface area contributed by atoms with Crippen molar-refractivity contribution in [3.05, 3.63) is 96.4 Å². The molecule has 0 unspecified atom stereocenters. The van der Waals surface area contributed by atoms with E-state index in [1.54, 1.807) is 11.1 Å². The first-order valence-corrected chi connectivity index (χ1v) is 9.10. The maximum absolute atomic E-state index is 2.92. The molecule has 2 nitrogen and oxygen atoms in total. The Bertz CT molecular complexity index is 966. The summed E-state index contributed by atoms with van der Waals surface area (Å²) >= 11 is 0. The lowest BCUT2D eigenvalue weighted by Gasteiger charge is -2.18. The van der Waals surface area contributed by atoms with Gasteiger partial charge in [-0.2, -0.15) is 0 Å². The van der Waals surface area contributed by atoms with Crippen molar-refractivity contribution < 1.29 is 0 Å². The molecule has 0 radical (unpaired) electrons. The fourth-order valence-electron chi connectivity index (χ4n) is 3.75. The van der Waals surface area contributed by atoms with Gasteiger partial charge in [-0.3, -0.25) is 0 Å². The van der Waals surface area contributed by atoms with Crippen LogP contribution < -0.4 is 11.5 Å². The summed E-state index contributed by atoms with van der Waals surface area (Å²) in [6.07, 6.45) is 16.8. The molecule has 0 bridgehead atoms. The topological polar surface area (TPSA) is 47.0 Å². The molecule has 0 atom stereocenters. The van der Waals surface area contributed by atoms with Crippen molar-refractivity contribution in [1.82, 2.24) is 11.5 Å². The van der Waals surface area contributed by atoms with Gasteiger partial charge in [-0.05, 0) is 70.5 Å². The molecular formula is C24H26N2. The van der Waals surface area contributed by atoms with E-state index < -0.39 is 0 Å². The number of allylic oxidation sites excluding steroid dienone is 4. The molecule has 1 aliphatic heterocycles. The summed E-state index contributed by atoms with van der Waals surface area (Å²) in [6, 6.07) is 18.0. The highest BCUT2D eigenvalue weighted by atomic mass is 14.8. The predicted octanol–water partition coefficient (Wildman–Crippen LogP) is 6.21. The highest BCUT2D eigenvalue weighted by Crippen LogP contribution is 2.33. The van der Waals surface area contributed by atoms with Crippen LogP contribution in [-0.2, 0) is 12.8 Å². The van der Waals surface area contributed by atoms with Crippen LogP contribution in [0.4, 0.5) is 0 Å². The van der Waals surface area contributed by atoms with Crippen molar-refractivity contribution in [3.8, 4) is 0 Å². The van der Waals surface area contributed by atoms with Gasteiger partial charge in [0.05, 0.1) is 0 Å². The van der Waals surface area contributed by atoms with Gasteiger partial charge in [0.2, 0.25) is 0 Å². The largest absolute Gasteiger partial charge is 0.368 e. The van der Waals surface area contributed by atoms with Crippen LogP contribution in [0.15, 0.2) is 85.2 Å². The van der Waals surface area contributed by atoms with Gasteiger partial charge in [-0.15, -0.1) is 0 Å². The summed E-state index contributed by atoms with van der Waals surface area (Å²) in [5.41, 5.74) is 3.17. The number of nitrogens with one attached hydrogen (secondary N) is 1. The van der Waals surface area contributed by atoms with Crippen molar-refractivity contribution in [3.63, 3.8) is 0 Å². The number of rotatable bonds is 0. The minimum atomic E-state index is 0. The Balaban J connectivity index is 0.000000210. The minimum absolute atomic E-state index is 0. The van der Waals surface area contributed by atoms with Gasteiger partial charge in [-0.1, -0.05) is 60.7 Å². The second-order valence-electron chi connectivity index (χ2n) is 6.56. The number of hydrogen-bond acceptors (Lipinski definition) is 2. The molecule has 3 aromatic carbocycles. The molecular weight excluding hydrogens is 316 g/mol. The fraction of sp³-hybridized carbons (Fsp3) is 0.167. The van der Waals surface area contributed by atoms with Crippen LogP contribution in [0.5, 0.6) is 0 Å². The Morgan fingerprint density at radius 3 is 2.19 bits per heavy atom. The van der Waals surface area contributed by atoms with E-state index in [1.165, 1.54) is 47.2 Å². The molecule has 1 heterocycles. The van der Waals surface area contributed by atoms with E-state index in [9.17, 15) is 0 Å². The van der Waals surface area contributed by atoms with E-state index in [1.807, 2.05) is 36.7 Å². The third kappa shape index (κ3) is 3.71. The van der Waals surface area contributed by atoms with E-state index in [-0.39, 0.29) is 6.15 Å². The quantitative estimate of drug-likeness (QED) is 0.477. The Hall–Kier alpha value is -2.84. The molecule has 0 fully saturated rings. The van der Waals surface area contributed by atoms with Crippen LogP contribution in [0, 0.1) is 0 Å². The monoisotopic (exact) mass is 342 g/mol. The smallest absolute Gasteiger partial charge is 0.000442 e. The molecule has 132 valence electrons. The Labute approximate surface area is 155 Å². The van der Waals surface area contributed by atoms with Gasteiger partial charge < -0.3 is 11.5 Å². The van der Waals surface area contributed by atoms with Crippen molar-refractivity contribution in [2.45, 2.75) is 25.7 Å². The molecule has 1 aliphatic carbocycles. The number of fused-ring (bicyclic) bond motifs is 5. The minimum Gasteiger partial charge on any atom is -0.368 e. The molecule has 3 aromatic rings. The average Bonchev–Trinajstić information content (AvgIpc) is 3.01. The third-order valence-electron chi connectivity index (χ3n) is 4.98. The Kier molecular flexibility index (Phi) is 5.88. The molecule has 0 spiro atoms. The first kappa shape index (κ1) is 18.0. The second-order valence-corrected chi connectivity index (χ2v) is 6.56. The number of aryl methyl sites for hydroxylation is 2. The summed E-state index contributed by atoms with van der Waals surface area (Å²) in [5, 5.41) is 8.57. The van der Waals surface area contributed by atoms with Crippen molar-refractivity contribution >= 4 is 21.5 Å². The van der Waals surface area contributed by atoms with E-state index in [2.05, 4.69) is 53.8 Å². The molecule has 2 heteroatoms. The lowest BCUT2D eigenvalue weighted by Crippen LogP contribution is -2.02. The van der Waals surface area contributed by atoms with Crippen LogP contribution in [-0.4, -0.2) is 0 Å². The molecule has 0 saturated carbocycles. The summed E-state index contributed by atoms with van der Waals surface area (Å²) in [4.78, 5) is 0. The van der Waals surface area contributed by atoms with Gasteiger partial charge in [0.1, 0.15) is 0 Å². The maximum Gasteiger partial charge on any atom is 0.000442 e. The predicted molar refractivity (Wildman–Crippen MR) is 114 cm³/mol. The molecule has 5 rings (SSSR count). The zero-order valence-corrected chi connectivity index (χ0v) is 15.1. The Morgan fingerprint density at radius 1 is 0.615 bits per heavy atom. The lowest BCUT2D eigenvalue weighted by atomic mass is 9.86. The van der Waals surface area contributed by atoms with Gasteiger partial charge in [0.15, 0.2) is 0 Å². The van der Waals surface area contributed by atoms with E-state index in [0.717, 1.165) is 0 Å². The summed E-state index contributed by atoms with van der Waals surface area (Å²) < 4.78 is 0. The highest BCUT2D eigenvalue weighted by molar-refractivity contribution is 6.08. The first-order valence-electron chi connectivity index (χ1n) is 9.10. The van der Waals surface area contributed by atoms with Gasteiger partial charge in [-0.25, -0.2) is 0 Å². The molecule has 26 heavy (non-hydrogen) atoms. The molecule has 0 amide bonds. The summed E-state index contributed by atoms with van der Waals surface area (Å²) in [6.45, 7) is 0. The first-order chi connectivity index (χ1) is 12.4. The normalized spacial score (nSPS) is 14.6. The maximum atomic E-state index is 2.92. The standard InChI is InChI=1S/C18H16.C6H7N.H3N/c1-3-7-15-13(5-1)9-11-18-16-8-4-2-6-14(16)10-12-17(15)18;1-2-4-6-7-5-3-1;/h1,3,5,7,9-12H,2,4,6,8H2;1-7H;1H3. The van der Waals surface area contributed by atoms with E-state index in [4.69, 9.17) is 0 Å². The molecule has 0 aromatic heterocycles. The lowest BCUT2D eigenvalue weighted by molar-refractivity contribution is 0.690.